The molecule has 2 aromatic heterocycles. The number of nitrogens with zero attached hydrogens (tertiary/aromatic N) is 2. The van der Waals surface area contributed by atoms with E-state index >= 15 is 0 Å². The van der Waals surface area contributed by atoms with Crippen LogP contribution in [0.2, 0.25) is 5.02 Å². The van der Waals surface area contributed by atoms with Crippen LogP contribution in [0.5, 0.6) is 0 Å². The summed E-state index contributed by atoms with van der Waals surface area (Å²) in [5.74, 6) is 0. The van der Waals surface area contributed by atoms with Crippen molar-refractivity contribution in [2.24, 2.45) is 0 Å². The Morgan fingerprint density at radius 2 is 1.95 bits per heavy atom. The quantitative estimate of drug-likeness (QED) is 0.776. The van der Waals surface area contributed by atoms with E-state index < -0.39 is 0 Å². The Morgan fingerprint density at radius 1 is 1.21 bits per heavy atom. The van der Waals surface area contributed by atoms with Crippen molar-refractivity contribution < 1.29 is 5.11 Å². The maximum atomic E-state index is 9.17. The van der Waals surface area contributed by atoms with Crippen LogP contribution in [0.4, 0.5) is 0 Å². The summed E-state index contributed by atoms with van der Waals surface area (Å²) in [6.07, 6.45) is 1.93. The number of fused-ring (bicyclic) bond motifs is 1. The molecule has 0 saturated heterocycles. The highest BCUT2D eigenvalue weighted by molar-refractivity contribution is 6.30. The zero-order valence-corrected chi connectivity index (χ0v) is 11.2. The van der Waals surface area contributed by atoms with Gasteiger partial charge in [0.25, 0.3) is 0 Å². The highest BCUT2D eigenvalue weighted by Crippen LogP contribution is 2.25. The topological polar surface area (TPSA) is 37.5 Å². The maximum Gasteiger partial charge on any atom is 0.138 e. The fourth-order valence-corrected chi connectivity index (χ4v) is 2.31. The molecule has 0 atom stereocenters. The maximum absolute atomic E-state index is 9.17. The van der Waals surface area contributed by atoms with Crippen molar-refractivity contribution >= 4 is 17.2 Å². The van der Waals surface area contributed by atoms with Gasteiger partial charge in [0.1, 0.15) is 5.65 Å². The van der Waals surface area contributed by atoms with E-state index in [-0.39, 0.29) is 6.61 Å². The SMILES string of the molecule is Cc1c(-c2ccc(Cl)cc2)nc2cc(CO)ccn12. The second-order valence-corrected chi connectivity index (χ2v) is 4.91. The van der Waals surface area contributed by atoms with Crippen LogP contribution in [0.25, 0.3) is 16.9 Å². The Morgan fingerprint density at radius 3 is 2.63 bits per heavy atom. The lowest BCUT2D eigenvalue weighted by Gasteiger charge is -2.00. The van der Waals surface area contributed by atoms with Crippen LogP contribution in [0.15, 0.2) is 42.6 Å². The fourth-order valence-electron chi connectivity index (χ4n) is 2.19. The molecular weight excluding hydrogens is 260 g/mol. The standard InChI is InChI=1S/C15H13ClN2O/c1-10-15(12-2-4-13(16)5-3-12)17-14-8-11(9-19)6-7-18(10)14/h2-8,19H,9H2,1H3. The van der Waals surface area contributed by atoms with Gasteiger partial charge in [-0.15, -0.1) is 0 Å². The Hall–Kier alpha value is -1.84. The molecule has 3 nitrogen and oxygen atoms in total. The number of aliphatic hydroxyl groups excluding tert-OH is 1. The van der Waals surface area contributed by atoms with Gasteiger partial charge in [-0.3, -0.25) is 0 Å². The lowest BCUT2D eigenvalue weighted by Crippen LogP contribution is -1.90. The molecule has 1 aromatic carbocycles. The Labute approximate surface area is 116 Å². The molecule has 4 heteroatoms. The molecule has 0 aliphatic heterocycles. The van der Waals surface area contributed by atoms with Gasteiger partial charge in [0.15, 0.2) is 0 Å². The molecule has 0 saturated carbocycles. The number of aryl methyl sites for hydroxylation is 1. The molecule has 0 spiro atoms. The van der Waals surface area contributed by atoms with E-state index in [1.807, 2.05) is 53.9 Å². The van der Waals surface area contributed by atoms with E-state index in [1.165, 1.54) is 0 Å². The van der Waals surface area contributed by atoms with Crippen molar-refractivity contribution in [1.29, 1.82) is 0 Å². The Balaban J connectivity index is 2.19. The van der Waals surface area contributed by atoms with Crippen molar-refractivity contribution in [3.63, 3.8) is 0 Å². The molecule has 1 N–H and O–H groups in total. The average molecular weight is 273 g/mol. The minimum absolute atomic E-state index is 0.0265. The van der Waals surface area contributed by atoms with Crippen LogP contribution < -0.4 is 0 Å². The van der Waals surface area contributed by atoms with Gasteiger partial charge >= 0.3 is 0 Å². The van der Waals surface area contributed by atoms with E-state index in [1.54, 1.807) is 0 Å². The first-order chi connectivity index (χ1) is 9.19. The molecule has 2 heterocycles. The first-order valence-corrected chi connectivity index (χ1v) is 6.41. The number of hydrogen-bond donors (Lipinski definition) is 1. The summed E-state index contributed by atoms with van der Waals surface area (Å²) in [6.45, 7) is 2.06. The van der Waals surface area contributed by atoms with Crippen LogP contribution in [0.1, 0.15) is 11.3 Å². The zero-order chi connectivity index (χ0) is 13.4. The van der Waals surface area contributed by atoms with Gasteiger partial charge in [0.05, 0.1) is 12.3 Å². The van der Waals surface area contributed by atoms with E-state index in [4.69, 9.17) is 16.7 Å². The first kappa shape index (κ1) is 12.2. The van der Waals surface area contributed by atoms with Crippen molar-refractivity contribution in [3.05, 3.63) is 58.9 Å². The summed E-state index contributed by atoms with van der Waals surface area (Å²) in [5, 5.41) is 9.88. The number of rotatable bonds is 2. The monoisotopic (exact) mass is 272 g/mol. The van der Waals surface area contributed by atoms with Gasteiger partial charge < -0.3 is 9.51 Å². The van der Waals surface area contributed by atoms with E-state index in [2.05, 4.69) is 4.98 Å². The minimum atomic E-state index is 0.0265. The number of pyridine rings is 1. The van der Waals surface area contributed by atoms with Gasteiger partial charge in [-0.05, 0) is 36.8 Å². The van der Waals surface area contributed by atoms with Crippen molar-refractivity contribution in [1.82, 2.24) is 9.38 Å². The van der Waals surface area contributed by atoms with Crippen LogP contribution in [0, 0.1) is 6.92 Å². The Bertz CT molecular complexity index is 732. The molecule has 0 unspecified atom stereocenters. The van der Waals surface area contributed by atoms with E-state index in [0.29, 0.717) is 5.02 Å². The molecule has 96 valence electrons. The van der Waals surface area contributed by atoms with Crippen molar-refractivity contribution in [3.8, 4) is 11.3 Å². The molecule has 3 aromatic rings. The number of aromatic nitrogens is 2. The predicted octanol–water partition coefficient (Wildman–Crippen LogP) is 3.46. The van der Waals surface area contributed by atoms with Crippen molar-refractivity contribution in [2.45, 2.75) is 13.5 Å². The number of benzene rings is 1. The number of halogens is 1. The smallest absolute Gasteiger partial charge is 0.138 e. The second kappa shape index (κ2) is 4.68. The number of aliphatic hydroxyl groups is 1. The molecule has 0 radical (unpaired) electrons. The molecule has 0 amide bonds. The summed E-state index contributed by atoms with van der Waals surface area (Å²) < 4.78 is 2.02. The van der Waals surface area contributed by atoms with Crippen LogP contribution in [-0.2, 0) is 6.61 Å². The van der Waals surface area contributed by atoms with Crippen LogP contribution >= 0.6 is 11.6 Å². The lowest BCUT2D eigenvalue weighted by atomic mass is 10.1. The van der Waals surface area contributed by atoms with Gasteiger partial charge in [0, 0.05) is 22.5 Å². The van der Waals surface area contributed by atoms with Crippen LogP contribution in [-0.4, -0.2) is 14.5 Å². The van der Waals surface area contributed by atoms with Crippen molar-refractivity contribution in [2.75, 3.05) is 0 Å². The van der Waals surface area contributed by atoms with Crippen LogP contribution in [0.3, 0.4) is 0 Å². The van der Waals surface area contributed by atoms with E-state index in [9.17, 15) is 0 Å². The summed E-state index contributed by atoms with van der Waals surface area (Å²) in [5.41, 5.74) is 4.75. The molecular formula is C15H13ClN2O. The molecule has 0 fully saturated rings. The summed E-state index contributed by atoms with van der Waals surface area (Å²) in [6, 6.07) is 11.4. The van der Waals surface area contributed by atoms with Gasteiger partial charge in [-0.25, -0.2) is 4.98 Å². The average Bonchev–Trinajstić information content (AvgIpc) is 2.76. The fraction of sp³-hybridized carbons (Fsp3) is 0.133. The minimum Gasteiger partial charge on any atom is -0.392 e. The molecule has 0 bridgehead atoms. The van der Waals surface area contributed by atoms with Gasteiger partial charge in [0.2, 0.25) is 0 Å². The largest absolute Gasteiger partial charge is 0.392 e. The third-order valence-electron chi connectivity index (χ3n) is 3.23. The zero-order valence-electron chi connectivity index (χ0n) is 10.5. The van der Waals surface area contributed by atoms with Gasteiger partial charge in [-0.1, -0.05) is 23.7 Å². The lowest BCUT2D eigenvalue weighted by molar-refractivity contribution is 0.282. The summed E-state index contributed by atoms with van der Waals surface area (Å²) in [7, 11) is 0. The molecule has 19 heavy (non-hydrogen) atoms. The van der Waals surface area contributed by atoms with Gasteiger partial charge in [-0.2, -0.15) is 0 Å². The summed E-state index contributed by atoms with van der Waals surface area (Å²) in [4.78, 5) is 4.63. The molecule has 0 aliphatic rings. The molecule has 3 rings (SSSR count). The predicted molar refractivity (Wildman–Crippen MR) is 76.3 cm³/mol. The number of hydrogen-bond acceptors (Lipinski definition) is 2. The highest BCUT2D eigenvalue weighted by Gasteiger charge is 2.10. The normalized spacial score (nSPS) is 11.1. The summed E-state index contributed by atoms with van der Waals surface area (Å²) >= 11 is 5.90. The third-order valence-corrected chi connectivity index (χ3v) is 3.48. The second-order valence-electron chi connectivity index (χ2n) is 4.47. The third kappa shape index (κ3) is 2.11. The number of imidazole rings is 1. The van der Waals surface area contributed by atoms with E-state index in [0.717, 1.165) is 28.2 Å². The highest BCUT2D eigenvalue weighted by atomic mass is 35.5. The first-order valence-electron chi connectivity index (χ1n) is 6.03. The Kier molecular flexibility index (Phi) is 3.01. The molecule has 0 aliphatic carbocycles.